The van der Waals surface area contributed by atoms with E-state index in [2.05, 4.69) is 9.97 Å². The van der Waals surface area contributed by atoms with E-state index >= 15 is 0 Å². The first-order valence-corrected chi connectivity index (χ1v) is 4.03. The van der Waals surface area contributed by atoms with Crippen LogP contribution >= 0.6 is 23.8 Å². The van der Waals surface area contributed by atoms with Gasteiger partial charge in [-0.05, 0) is 24.4 Å². The van der Waals surface area contributed by atoms with Gasteiger partial charge in [0.25, 0.3) is 0 Å². The zero-order chi connectivity index (χ0) is 8.72. The van der Waals surface area contributed by atoms with Crippen molar-refractivity contribution in [2.45, 2.75) is 0 Å². The minimum absolute atomic E-state index is 0.326. The highest BCUT2D eigenvalue weighted by molar-refractivity contribution is 7.71. The number of H-pyrrole nitrogens is 2. The first-order chi connectivity index (χ1) is 5.68. The van der Waals surface area contributed by atoms with Crippen LogP contribution in [0.3, 0.4) is 0 Å². The van der Waals surface area contributed by atoms with Gasteiger partial charge in [0, 0.05) is 0 Å². The van der Waals surface area contributed by atoms with E-state index in [1.165, 1.54) is 12.1 Å². The molecular weight excluding hydrogens is 199 g/mol. The average molecular weight is 203 g/mol. The fourth-order valence-corrected chi connectivity index (χ4v) is 1.46. The molecule has 2 rings (SSSR count). The van der Waals surface area contributed by atoms with Crippen molar-refractivity contribution in [3.8, 4) is 0 Å². The largest absolute Gasteiger partial charge is 0.329 e. The maximum Gasteiger partial charge on any atom is 0.175 e. The second kappa shape index (κ2) is 2.57. The van der Waals surface area contributed by atoms with Crippen molar-refractivity contribution < 1.29 is 4.39 Å². The minimum Gasteiger partial charge on any atom is -0.329 e. The second-order valence-electron chi connectivity index (χ2n) is 2.36. The first-order valence-electron chi connectivity index (χ1n) is 3.24. The average Bonchev–Trinajstić information content (AvgIpc) is 2.41. The third-order valence-corrected chi connectivity index (χ3v) is 2.10. The number of hydrogen-bond acceptors (Lipinski definition) is 1. The van der Waals surface area contributed by atoms with Gasteiger partial charge in [0.2, 0.25) is 0 Å². The summed E-state index contributed by atoms with van der Waals surface area (Å²) < 4.78 is 13.4. The summed E-state index contributed by atoms with van der Waals surface area (Å²) in [6, 6.07) is 2.78. The molecule has 1 aromatic carbocycles. The van der Waals surface area contributed by atoms with E-state index in [1.807, 2.05) is 0 Å². The molecule has 0 unspecified atom stereocenters. The van der Waals surface area contributed by atoms with E-state index in [0.717, 1.165) is 0 Å². The van der Waals surface area contributed by atoms with Crippen molar-refractivity contribution in [1.29, 1.82) is 0 Å². The Bertz CT molecular complexity index is 446. The molecule has 0 saturated heterocycles. The van der Waals surface area contributed by atoms with Gasteiger partial charge in [-0.15, -0.1) is 0 Å². The maximum atomic E-state index is 13.0. The van der Waals surface area contributed by atoms with E-state index < -0.39 is 0 Å². The van der Waals surface area contributed by atoms with Crippen molar-refractivity contribution in [3.63, 3.8) is 0 Å². The predicted molar refractivity (Wildman–Crippen MR) is 48.5 cm³/mol. The number of nitrogens with one attached hydrogen (secondary N) is 2. The molecule has 1 heterocycles. The number of halogens is 2. The molecule has 0 atom stereocenters. The van der Waals surface area contributed by atoms with E-state index in [-0.39, 0.29) is 5.82 Å². The molecule has 0 saturated carbocycles. The Kier molecular flexibility index (Phi) is 1.66. The van der Waals surface area contributed by atoms with Crippen LogP contribution in [0, 0.1) is 10.6 Å². The highest BCUT2D eigenvalue weighted by Crippen LogP contribution is 2.22. The van der Waals surface area contributed by atoms with Crippen LogP contribution in [0.1, 0.15) is 0 Å². The summed E-state index contributed by atoms with van der Waals surface area (Å²) in [4.78, 5) is 5.42. The van der Waals surface area contributed by atoms with Gasteiger partial charge in [-0.2, -0.15) is 0 Å². The smallest absolute Gasteiger partial charge is 0.175 e. The molecule has 0 aliphatic heterocycles. The summed E-state index contributed by atoms with van der Waals surface area (Å²) in [5, 5.41) is 0.457. The Labute approximate surface area is 77.4 Å². The molecule has 0 fully saturated rings. The lowest BCUT2D eigenvalue weighted by Gasteiger charge is -1.92. The van der Waals surface area contributed by atoms with Crippen LogP contribution in [0.15, 0.2) is 12.1 Å². The van der Waals surface area contributed by atoms with Crippen LogP contribution in [-0.2, 0) is 0 Å². The summed E-state index contributed by atoms with van der Waals surface area (Å²) in [6.07, 6.45) is 0. The van der Waals surface area contributed by atoms with Crippen LogP contribution in [0.5, 0.6) is 0 Å². The molecule has 1 aromatic heterocycles. The summed E-state index contributed by atoms with van der Waals surface area (Å²) in [5.41, 5.74) is 0.842. The number of imidazole rings is 1. The molecule has 0 radical (unpaired) electrons. The van der Waals surface area contributed by atoms with Gasteiger partial charge >= 0.3 is 0 Å². The van der Waals surface area contributed by atoms with E-state index in [0.29, 0.717) is 20.8 Å². The molecule has 0 spiro atoms. The molecule has 12 heavy (non-hydrogen) atoms. The van der Waals surface area contributed by atoms with Gasteiger partial charge in [-0.25, -0.2) is 4.39 Å². The van der Waals surface area contributed by atoms with Crippen LogP contribution in [-0.4, -0.2) is 9.97 Å². The van der Waals surface area contributed by atoms with Crippen LogP contribution < -0.4 is 0 Å². The lowest BCUT2D eigenvalue weighted by molar-refractivity contribution is 0.637. The third kappa shape index (κ3) is 1.04. The first kappa shape index (κ1) is 7.76. The monoisotopic (exact) mass is 202 g/mol. The molecule has 0 bridgehead atoms. The Morgan fingerprint density at radius 3 is 2.58 bits per heavy atom. The Morgan fingerprint density at radius 2 is 1.92 bits per heavy atom. The van der Waals surface area contributed by atoms with Gasteiger partial charge in [0.05, 0.1) is 10.5 Å². The lowest BCUT2D eigenvalue weighted by Crippen LogP contribution is -1.77. The lowest BCUT2D eigenvalue weighted by atomic mass is 10.3. The SMILES string of the molecule is Fc1ccc(Cl)c2[nH]c(=S)[nH]c12. The Hall–Kier alpha value is -0.870. The van der Waals surface area contributed by atoms with Crippen molar-refractivity contribution in [2.75, 3.05) is 0 Å². The van der Waals surface area contributed by atoms with Gasteiger partial charge < -0.3 is 9.97 Å². The molecular formula is C7H4ClFN2S. The number of rotatable bonds is 0. The van der Waals surface area contributed by atoms with Crippen LogP contribution in [0.25, 0.3) is 11.0 Å². The fraction of sp³-hybridized carbons (Fsp3) is 0. The maximum absolute atomic E-state index is 13.0. The normalized spacial score (nSPS) is 10.8. The topological polar surface area (TPSA) is 31.6 Å². The summed E-state index contributed by atoms with van der Waals surface area (Å²) >= 11 is 10.6. The fourth-order valence-electron chi connectivity index (χ4n) is 1.05. The second-order valence-corrected chi connectivity index (χ2v) is 3.17. The highest BCUT2D eigenvalue weighted by atomic mass is 35.5. The standard InChI is InChI=1S/C7H4ClFN2S/c8-3-1-2-4(9)6-5(3)10-7(12)11-6/h1-2H,(H2,10,11,12). The van der Waals surface area contributed by atoms with E-state index in [1.54, 1.807) is 0 Å². The number of fused-ring (bicyclic) bond motifs is 1. The molecule has 0 amide bonds. The Balaban J connectivity index is 3.03. The number of hydrogen-bond donors (Lipinski definition) is 2. The zero-order valence-electron chi connectivity index (χ0n) is 5.82. The molecule has 2 nitrogen and oxygen atoms in total. The van der Waals surface area contributed by atoms with E-state index in [4.69, 9.17) is 23.8 Å². The predicted octanol–water partition coefficient (Wildman–Crippen LogP) is 3.02. The minimum atomic E-state index is -0.359. The Morgan fingerprint density at radius 1 is 1.25 bits per heavy atom. The van der Waals surface area contributed by atoms with Gasteiger partial charge in [-0.1, -0.05) is 11.6 Å². The van der Waals surface area contributed by atoms with Crippen LogP contribution in [0.4, 0.5) is 4.39 Å². The molecule has 0 aliphatic carbocycles. The van der Waals surface area contributed by atoms with Crippen molar-refractivity contribution in [1.82, 2.24) is 9.97 Å². The molecule has 0 aliphatic rings. The van der Waals surface area contributed by atoms with Gasteiger partial charge in [0.15, 0.2) is 4.77 Å². The van der Waals surface area contributed by atoms with Crippen LogP contribution in [0.2, 0.25) is 5.02 Å². The molecule has 62 valence electrons. The van der Waals surface area contributed by atoms with Crippen molar-refractivity contribution >= 4 is 34.9 Å². The summed E-state index contributed by atoms with van der Waals surface area (Å²) in [5.74, 6) is -0.359. The molecule has 2 N–H and O–H groups in total. The number of aromatic nitrogens is 2. The van der Waals surface area contributed by atoms with E-state index in [9.17, 15) is 4.39 Å². The van der Waals surface area contributed by atoms with Crippen molar-refractivity contribution in [2.24, 2.45) is 0 Å². The van der Waals surface area contributed by atoms with Gasteiger partial charge in [0.1, 0.15) is 11.3 Å². The van der Waals surface area contributed by atoms with Gasteiger partial charge in [-0.3, -0.25) is 0 Å². The summed E-state index contributed by atoms with van der Waals surface area (Å²) in [7, 11) is 0. The highest BCUT2D eigenvalue weighted by Gasteiger charge is 2.05. The molecule has 2 aromatic rings. The quantitative estimate of drug-likeness (QED) is 0.633. The third-order valence-electron chi connectivity index (χ3n) is 1.58. The summed E-state index contributed by atoms with van der Waals surface area (Å²) in [6.45, 7) is 0. The number of aromatic amines is 2. The van der Waals surface area contributed by atoms with Crippen molar-refractivity contribution in [3.05, 3.63) is 27.7 Å². The zero-order valence-corrected chi connectivity index (χ0v) is 7.39. The molecule has 5 heteroatoms. The number of benzene rings is 1.